The summed E-state index contributed by atoms with van der Waals surface area (Å²) in [6, 6.07) is 4.65. The van der Waals surface area contributed by atoms with Crippen molar-refractivity contribution in [2.45, 2.75) is 12.8 Å². The van der Waals surface area contributed by atoms with Crippen LogP contribution in [0.1, 0.15) is 11.1 Å². The molecule has 0 N–H and O–H groups in total. The summed E-state index contributed by atoms with van der Waals surface area (Å²) in [6.45, 7) is 0. The van der Waals surface area contributed by atoms with Gasteiger partial charge in [-0.1, -0.05) is 12.2 Å². The van der Waals surface area contributed by atoms with E-state index in [1.54, 1.807) is 23.7 Å². The van der Waals surface area contributed by atoms with Gasteiger partial charge in [0.2, 0.25) is 0 Å². The van der Waals surface area contributed by atoms with Gasteiger partial charge < -0.3 is 4.57 Å². The fraction of sp³-hybridized carbons (Fsp3) is 0.214. The number of rotatable bonds is 1. The SMILES string of the molecule is Cn1c(=O)c2c(c3cc([N+](=O)[O-])ccc31)CC=CC2. The van der Waals surface area contributed by atoms with Crippen LogP contribution in [0.15, 0.2) is 35.1 Å². The number of nitro benzene ring substituents is 1. The number of non-ortho nitro benzene ring substituents is 1. The summed E-state index contributed by atoms with van der Waals surface area (Å²) in [7, 11) is 1.70. The molecule has 0 bridgehead atoms. The second-order valence-electron chi connectivity index (χ2n) is 4.66. The van der Waals surface area contributed by atoms with E-state index >= 15 is 0 Å². The van der Waals surface area contributed by atoms with Crippen molar-refractivity contribution < 1.29 is 4.92 Å². The average Bonchev–Trinajstić information content (AvgIpc) is 2.44. The molecule has 0 radical (unpaired) electrons. The predicted octanol–water partition coefficient (Wildman–Crippen LogP) is 2.10. The van der Waals surface area contributed by atoms with Crippen LogP contribution in [0, 0.1) is 10.1 Å². The molecule has 3 rings (SSSR count). The average molecular weight is 256 g/mol. The monoisotopic (exact) mass is 256 g/mol. The molecule has 5 nitrogen and oxygen atoms in total. The third-order valence-corrected chi connectivity index (χ3v) is 3.62. The van der Waals surface area contributed by atoms with Gasteiger partial charge in [0, 0.05) is 30.1 Å². The maximum absolute atomic E-state index is 12.2. The molecule has 19 heavy (non-hydrogen) atoms. The van der Waals surface area contributed by atoms with Gasteiger partial charge in [0.1, 0.15) is 0 Å². The first-order chi connectivity index (χ1) is 9.09. The van der Waals surface area contributed by atoms with Crippen LogP contribution in [0.2, 0.25) is 0 Å². The molecule has 0 saturated carbocycles. The topological polar surface area (TPSA) is 65.1 Å². The number of hydrogen-bond donors (Lipinski definition) is 0. The zero-order valence-electron chi connectivity index (χ0n) is 10.4. The highest BCUT2D eigenvalue weighted by molar-refractivity contribution is 5.86. The minimum Gasteiger partial charge on any atom is -0.311 e. The van der Waals surface area contributed by atoms with E-state index in [9.17, 15) is 14.9 Å². The number of fused-ring (bicyclic) bond motifs is 3. The first-order valence-electron chi connectivity index (χ1n) is 6.03. The van der Waals surface area contributed by atoms with Crippen molar-refractivity contribution in [3.8, 4) is 0 Å². The highest BCUT2D eigenvalue weighted by Gasteiger charge is 2.18. The van der Waals surface area contributed by atoms with Gasteiger partial charge in [-0.05, 0) is 24.5 Å². The molecule has 0 aliphatic heterocycles. The van der Waals surface area contributed by atoms with Crippen LogP contribution in [0.4, 0.5) is 5.69 Å². The van der Waals surface area contributed by atoms with Gasteiger partial charge in [-0.2, -0.15) is 0 Å². The van der Waals surface area contributed by atoms with Crippen molar-refractivity contribution in [2.75, 3.05) is 0 Å². The second kappa shape index (κ2) is 4.05. The van der Waals surface area contributed by atoms with E-state index in [1.807, 2.05) is 12.2 Å². The van der Waals surface area contributed by atoms with Crippen molar-refractivity contribution in [2.24, 2.45) is 7.05 Å². The molecule has 0 saturated heterocycles. The van der Waals surface area contributed by atoms with Crippen molar-refractivity contribution in [1.29, 1.82) is 0 Å². The molecule has 1 aliphatic carbocycles. The molecule has 2 aromatic rings. The molecule has 5 heteroatoms. The summed E-state index contributed by atoms with van der Waals surface area (Å²) in [5.74, 6) is 0. The van der Waals surface area contributed by atoms with Gasteiger partial charge in [0.25, 0.3) is 11.2 Å². The van der Waals surface area contributed by atoms with Crippen LogP contribution in [-0.4, -0.2) is 9.49 Å². The highest BCUT2D eigenvalue weighted by atomic mass is 16.6. The third kappa shape index (κ3) is 1.66. The molecule has 0 unspecified atom stereocenters. The first kappa shape index (κ1) is 11.6. The van der Waals surface area contributed by atoms with E-state index in [-0.39, 0.29) is 11.2 Å². The number of nitrogens with zero attached hydrogens (tertiary/aromatic N) is 2. The van der Waals surface area contributed by atoms with Crippen LogP contribution in [0.5, 0.6) is 0 Å². The fourth-order valence-corrected chi connectivity index (χ4v) is 2.62. The Balaban J connectivity index is 2.45. The smallest absolute Gasteiger partial charge is 0.270 e. The number of allylic oxidation sites excluding steroid dienone is 2. The van der Waals surface area contributed by atoms with Gasteiger partial charge in [-0.25, -0.2) is 0 Å². The Morgan fingerprint density at radius 2 is 1.89 bits per heavy atom. The fourth-order valence-electron chi connectivity index (χ4n) is 2.62. The van der Waals surface area contributed by atoms with Crippen molar-refractivity contribution in [3.63, 3.8) is 0 Å². The van der Waals surface area contributed by atoms with E-state index in [4.69, 9.17) is 0 Å². The van der Waals surface area contributed by atoms with Crippen LogP contribution in [-0.2, 0) is 19.9 Å². The van der Waals surface area contributed by atoms with Gasteiger partial charge in [-0.15, -0.1) is 0 Å². The summed E-state index contributed by atoms with van der Waals surface area (Å²) in [5.41, 5.74) is 2.45. The summed E-state index contributed by atoms with van der Waals surface area (Å²) < 4.78 is 1.57. The standard InChI is InChI=1S/C14H12N2O3/c1-15-13-7-6-9(16(18)19)8-12(13)10-4-2-3-5-11(10)14(15)17/h2-3,6-8H,4-5H2,1H3. The minimum atomic E-state index is -0.407. The van der Waals surface area contributed by atoms with Gasteiger partial charge in [-0.3, -0.25) is 14.9 Å². The lowest BCUT2D eigenvalue weighted by Gasteiger charge is -2.16. The maximum atomic E-state index is 12.2. The van der Waals surface area contributed by atoms with Crippen LogP contribution in [0.25, 0.3) is 10.9 Å². The molecule has 1 aliphatic rings. The molecule has 0 fully saturated rings. The molecular weight excluding hydrogens is 244 g/mol. The highest BCUT2D eigenvalue weighted by Crippen LogP contribution is 2.27. The summed E-state index contributed by atoms with van der Waals surface area (Å²) in [6.07, 6.45) is 5.22. The molecule has 1 heterocycles. The minimum absolute atomic E-state index is 0.0132. The lowest BCUT2D eigenvalue weighted by Crippen LogP contribution is -2.24. The zero-order valence-corrected chi connectivity index (χ0v) is 10.4. The molecule has 0 atom stereocenters. The molecule has 96 valence electrons. The Morgan fingerprint density at radius 1 is 1.21 bits per heavy atom. The maximum Gasteiger partial charge on any atom is 0.270 e. The lowest BCUT2D eigenvalue weighted by atomic mass is 9.94. The number of aryl methyl sites for hydroxylation is 1. The van der Waals surface area contributed by atoms with E-state index in [2.05, 4.69) is 0 Å². The Bertz CT molecular complexity index is 787. The number of nitro groups is 1. The largest absolute Gasteiger partial charge is 0.311 e. The number of pyridine rings is 1. The summed E-state index contributed by atoms with van der Waals surface area (Å²) >= 11 is 0. The second-order valence-corrected chi connectivity index (χ2v) is 4.66. The predicted molar refractivity (Wildman–Crippen MR) is 72.4 cm³/mol. The Morgan fingerprint density at radius 3 is 2.58 bits per heavy atom. The van der Waals surface area contributed by atoms with Crippen LogP contribution < -0.4 is 5.56 Å². The van der Waals surface area contributed by atoms with Gasteiger partial charge >= 0.3 is 0 Å². The molecule has 0 spiro atoms. The van der Waals surface area contributed by atoms with Gasteiger partial charge in [0.05, 0.1) is 10.4 Å². The Labute approximate surface area is 108 Å². The number of aromatic nitrogens is 1. The molecule has 1 aromatic carbocycles. The van der Waals surface area contributed by atoms with Crippen molar-refractivity contribution in [1.82, 2.24) is 4.57 Å². The van der Waals surface area contributed by atoms with Crippen molar-refractivity contribution in [3.05, 3.63) is 61.9 Å². The normalized spacial score (nSPS) is 13.5. The molecule has 0 amide bonds. The lowest BCUT2D eigenvalue weighted by molar-refractivity contribution is -0.384. The Kier molecular flexibility index (Phi) is 2.48. The van der Waals surface area contributed by atoms with E-state index in [0.29, 0.717) is 12.8 Å². The van der Waals surface area contributed by atoms with E-state index < -0.39 is 4.92 Å². The molecular formula is C14H12N2O3. The quantitative estimate of drug-likeness (QED) is 0.446. The van der Waals surface area contributed by atoms with E-state index in [1.165, 1.54) is 6.07 Å². The number of hydrogen-bond acceptors (Lipinski definition) is 3. The number of benzene rings is 1. The molecule has 1 aromatic heterocycles. The van der Waals surface area contributed by atoms with Crippen LogP contribution in [0.3, 0.4) is 0 Å². The van der Waals surface area contributed by atoms with E-state index in [0.717, 1.165) is 22.0 Å². The van der Waals surface area contributed by atoms with Crippen molar-refractivity contribution >= 4 is 16.6 Å². The van der Waals surface area contributed by atoms with Crippen LogP contribution >= 0.6 is 0 Å². The third-order valence-electron chi connectivity index (χ3n) is 3.62. The summed E-state index contributed by atoms with van der Waals surface area (Å²) in [4.78, 5) is 22.7. The Hall–Kier alpha value is -2.43. The summed E-state index contributed by atoms with van der Waals surface area (Å²) in [5, 5.41) is 11.7. The zero-order chi connectivity index (χ0) is 13.6. The first-order valence-corrected chi connectivity index (χ1v) is 6.03. The van der Waals surface area contributed by atoms with Gasteiger partial charge in [0.15, 0.2) is 0 Å².